The van der Waals surface area contributed by atoms with Crippen molar-refractivity contribution in [3.05, 3.63) is 25.6 Å². The first-order valence-corrected chi connectivity index (χ1v) is 6.38. The number of hydrogen-bond donors (Lipinski definition) is 0. The molecule has 0 aliphatic carbocycles. The van der Waals surface area contributed by atoms with Crippen LogP contribution in [0.2, 0.25) is 0 Å². The van der Waals surface area contributed by atoms with Crippen LogP contribution >= 0.6 is 49.9 Å². The number of methoxy groups -OCH3 is 1. The van der Waals surface area contributed by atoms with E-state index in [9.17, 15) is 0 Å². The first-order valence-electron chi connectivity index (χ1n) is 3.63. The van der Waals surface area contributed by atoms with E-state index in [1.54, 1.807) is 18.4 Å². The Labute approximate surface area is 102 Å². The molecule has 68 valence electrons. The monoisotopic (exact) mass is 368 g/mol. The Bertz CT molecular complexity index is 452. The first-order chi connectivity index (χ1) is 6.24. The van der Waals surface area contributed by atoms with E-state index in [1.807, 2.05) is 6.07 Å². The van der Waals surface area contributed by atoms with E-state index in [2.05, 4.69) is 50.0 Å². The molecule has 2 rings (SSSR count). The number of thiophene rings is 1. The standard InChI is InChI=1S/C9H6BrIOS/c1-12-7-4-6(11)8(10)9-5(7)2-3-13-9/h2-4H,1H3. The third-order valence-electron chi connectivity index (χ3n) is 1.82. The smallest absolute Gasteiger partial charge is 0.128 e. The van der Waals surface area contributed by atoms with Crippen LogP contribution in [0, 0.1) is 3.57 Å². The molecule has 0 fully saturated rings. The van der Waals surface area contributed by atoms with Gasteiger partial charge in [0.25, 0.3) is 0 Å². The average Bonchev–Trinajstić information content (AvgIpc) is 2.60. The second-order valence-electron chi connectivity index (χ2n) is 2.54. The van der Waals surface area contributed by atoms with Crippen LogP contribution in [0.25, 0.3) is 10.1 Å². The number of ether oxygens (including phenoxy) is 1. The Kier molecular flexibility index (Phi) is 2.80. The lowest BCUT2D eigenvalue weighted by Crippen LogP contribution is -1.85. The van der Waals surface area contributed by atoms with Crippen molar-refractivity contribution in [3.63, 3.8) is 0 Å². The third kappa shape index (κ3) is 1.59. The zero-order valence-electron chi connectivity index (χ0n) is 6.80. The van der Waals surface area contributed by atoms with Gasteiger partial charge in [0.05, 0.1) is 11.8 Å². The predicted molar refractivity (Wildman–Crippen MR) is 68.8 cm³/mol. The molecule has 13 heavy (non-hydrogen) atoms. The number of hydrogen-bond acceptors (Lipinski definition) is 2. The molecule has 1 aromatic carbocycles. The van der Waals surface area contributed by atoms with Gasteiger partial charge in [0, 0.05) is 13.4 Å². The Hall–Kier alpha value is 0.190. The second kappa shape index (κ2) is 3.74. The molecule has 0 bridgehead atoms. The molecule has 0 amide bonds. The number of fused-ring (bicyclic) bond motifs is 1. The highest BCUT2D eigenvalue weighted by Gasteiger charge is 2.09. The van der Waals surface area contributed by atoms with Gasteiger partial charge in [-0.25, -0.2) is 0 Å². The number of benzene rings is 1. The quantitative estimate of drug-likeness (QED) is 0.683. The lowest BCUT2D eigenvalue weighted by molar-refractivity contribution is 0.419. The van der Waals surface area contributed by atoms with Crippen LogP contribution in [0.15, 0.2) is 22.0 Å². The van der Waals surface area contributed by atoms with Gasteiger partial charge in [-0.3, -0.25) is 0 Å². The van der Waals surface area contributed by atoms with Gasteiger partial charge in [-0.05, 0) is 56.0 Å². The maximum absolute atomic E-state index is 5.30. The maximum Gasteiger partial charge on any atom is 0.128 e. The van der Waals surface area contributed by atoms with E-state index in [0.717, 1.165) is 5.75 Å². The molecule has 0 radical (unpaired) electrons. The van der Waals surface area contributed by atoms with E-state index in [4.69, 9.17) is 4.74 Å². The lowest BCUT2D eigenvalue weighted by atomic mass is 10.2. The van der Waals surface area contributed by atoms with E-state index in [1.165, 1.54) is 18.1 Å². The molecule has 1 aromatic heterocycles. The van der Waals surface area contributed by atoms with Gasteiger partial charge in [0.1, 0.15) is 5.75 Å². The summed E-state index contributed by atoms with van der Waals surface area (Å²) in [7, 11) is 1.70. The maximum atomic E-state index is 5.30. The Balaban J connectivity index is 2.87. The molecular formula is C9H6BrIOS. The summed E-state index contributed by atoms with van der Waals surface area (Å²) in [5.74, 6) is 0.948. The largest absolute Gasteiger partial charge is 0.496 e. The van der Waals surface area contributed by atoms with Gasteiger partial charge < -0.3 is 4.74 Å². The van der Waals surface area contributed by atoms with Crippen LogP contribution < -0.4 is 4.74 Å². The minimum absolute atomic E-state index is 0.948. The number of halogens is 2. The number of rotatable bonds is 1. The molecule has 0 unspecified atom stereocenters. The van der Waals surface area contributed by atoms with Crippen molar-refractivity contribution in [2.45, 2.75) is 0 Å². The zero-order chi connectivity index (χ0) is 9.42. The van der Waals surface area contributed by atoms with Crippen molar-refractivity contribution in [1.29, 1.82) is 0 Å². The second-order valence-corrected chi connectivity index (χ2v) is 5.41. The summed E-state index contributed by atoms with van der Waals surface area (Å²) in [6.45, 7) is 0. The zero-order valence-corrected chi connectivity index (χ0v) is 11.4. The van der Waals surface area contributed by atoms with Crippen LogP contribution in [-0.2, 0) is 0 Å². The van der Waals surface area contributed by atoms with Gasteiger partial charge in [0.15, 0.2) is 0 Å². The fourth-order valence-electron chi connectivity index (χ4n) is 1.21. The predicted octanol–water partition coefficient (Wildman–Crippen LogP) is 4.28. The summed E-state index contributed by atoms with van der Waals surface area (Å²) in [5, 5.41) is 3.26. The van der Waals surface area contributed by atoms with Crippen molar-refractivity contribution < 1.29 is 4.74 Å². The highest BCUT2D eigenvalue weighted by Crippen LogP contribution is 2.38. The normalized spacial score (nSPS) is 10.7. The van der Waals surface area contributed by atoms with E-state index in [0.29, 0.717) is 0 Å². The molecule has 0 atom stereocenters. The van der Waals surface area contributed by atoms with Crippen LogP contribution in [0.1, 0.15) is 0 Å². The topological polar surface area (TPSA) is 9.23 Å². The van der Waals surface area contributed by atoms with Crippen molar-refractivity contribution in [3.8, 4) is 5.75 Å². The SMILES string of the molecule is COc1cc(I)c(Br)c2sccc12. The van der Waals surface area contributed by atoms with Gasteiger partial charge >= 0.3 is 0 Å². The molecule has 1 heterocycles. The Morgan fingerprint density at radius 1 is 1.54 bits per heavy atom. The fraction of sp³-hybridized carbons (Fsp3) is 0.111. The van der Waals surface area contributed by atoms with E-state index in [-0.39, 0.29) is 0 Å². The summed E-state index contributed by atoms with van der Waals surface area (Å²) in [6.07, 6.45) is 0. The fourth-order valence-corrected chi connectivity index (χ4v) is 3.40. The van der Waals surface area contributed by atoms with Gasteiger partial charge in [0.2, 0.25) is 0 Å². The van der Waals surface area contributed by atoms with Crippen molar-refractivity contribution >= 4 is 59.9 Å². The molecule has 1 nitrogen and oxygen atoms in total. The Morgan fingerprint density at radius 3 is 3.00 bits per heavy atom. The van der Waals surface area contributed by atoms with Gasteiger partial charge in [-0.1, -0.05) is 0 Å². The first kappa shape index (κ1) is 9.73. The van der Waals surface area contributed by atoms with E-state index < -0.39 is 0 Å². The molecule has 0 aliphatic rings. The molecule has 2 aromatic rings. The molecule has 0 N–H and O–H groups in total. The van der Waals surface area contributed by atoms with Crippen LogP contribution in [0.4, 0.5) is 0 Å². The summed E-state index contributed by atoms with van der Waals surface area (Å²) < 4.78 is 8.91. The highest BCUT2D eigenvalue weighted by atomic mass is 127. The summed E-state index contributed by atoms with van der Waals surface area (Å²) in [5.41, 5.74) is 0. The summed E-state index contributed by atoms with van der Waals surface area (Å²) >= 11 is 7.60. The summed E-state index contributed by atoms with van der Waals surface area (Å²) in [6, 6.07) is 4.12. The van der Waals surface area contributed by atoms with Crippen molar-refractivity contribution in [1.82, 2.24) is 0 Å². The minimum Gasteiger partial charge on any atom is -0.496 e. The van der Waals surface area contributed by atoms with Crippen LogP contribution in [-0.4, -0.2) is 7.11 Å². The molecule has 4 heteroatoms. The van der Waals surface area contributed by atoms with Crippen molar-refractivity contribution in [2.75, 3.05) is 7.11 Å². The van der Waals surface area contributed by atoms with Crippen LogP contribution in [0.5, 0.6) is 5.75 Å². The summed E-state index contributed by atoms with van der Waals surface area (Å²) in [4.78, 5) is 0. The molecule has 0 saturated heterocycles. The molecule has 0 aliphatic heterocycles. The van der Waals surface area contributed by atoms with E-state index >= 15 is 0 Å². The Morgan fingerprint density at radius 2 is 2.31 bits per heavy atom. The van der Waals surface area contributed by atoms with Crippen LogP contribution in [0.3, 0.4) is 0 Å². The minimum atomic E-state index is 0.948. The third-order valence-corrected chi connectivity index (χ3v) is 5.43. The van der Waals surface area contributed by atoms with Crippen molar-refractivity contribution in [2.24, 2.45) is 0 Å². The molecular weight excluding hydrogens is 363 g/mol. The molecule has 0 spiro atoms. The van der Waals surface area contributed by atoms with Gasteiger partial charge in [-0.2, -0.15) is 0 Å². The lowest BCUT2D eigenvalue weighted by Gasteiger charge is -2.04. The molecule has 0 saturated carbocycles. The highest BCUT2D eigenvalue weighted by molar-refractivity contribution is 14.1. The van der Waals surface area contributed by atoms with Gasteiger partial charge in [-0.15, -0.1) is 11.3 Å². The average molecular weight is 369 g/mol.